The maximum Gasteiger partial charge on any atom is 0.319 e. The number of nitrogens with zero attached hydrogens (tertiary/aromatic N) is 4. The number of aryl methyl sites for hydroxylation is 1. The van der Waals surface area contributed by atoms with Crippen LogP contribution in [-0.2, 0) is 6.42 Å². The SMILES string of the molecule is CCc1cccc2cc(O)cc(-c3ccc4c(N5CCC6CCC(C5)N6)nc(OCC56CCCN5CCC6)nc4c3F)c12. The zero-order valence-electron chi connectivity index (χ0n) is 24.9. The average molecular weight is 582 g/mol. The van der Waals surface area contributed by atoms with E-state index in [1.165, 1.54) is 19.3 Å². The molecule has 2 unspecified atom stereocenters. The highest BCUT2D eigenvalue weighted by atomic mass is 19.1. The molecule has 8 heteroatoms. The van der Waals surface area contributed by atoms with E-state index in [-0.39, 0.29) is 22.8 Å². The smallest absolute Gasteiger partial charge is 0.319 e. The van der Waals surface area contributed by atoms with Crippen LogP contribution >= 0.6 is 0 Å². The standard InChI is InChI=1S/C35H40FN5O2/c1-2-22-6-3-7-23-18-26(42)19-29(30(22)23)27-10-11-28-32(31(27)36)38-34(43-21-35-13-4-15-41(35)16-5-14-35)39-33(28)40-17-12-24-8-9-25(20-40)37-24/h3,6-7,10-11,18-19,24-25,37,42H,2,4-5,8-9,12-17,20-21H2,1H3. The summed E-state index contributed by atoms with van der Waals surface area (Å²) in [5.74, 6) is 0.466. The number of ether oxygens (including phenoxy) is 1. The summed E-state index contributed by atoms with van der Waals surface area (Å²) in [6.07, 6.45) is 8.82. The Kier molecular flexibility index (Phi) is 6.67. The summed E-state index contributed by atoms with van der Waals surface area (Å²) in [6, 6.07) is 14.4. The third-order valence-electron chi connectivity index (χ3n) is 10.6. The first kappa shape index (κ1) is 27.1. The Morgan fingerprint density at radius 2 is 1.84 bits per heavy atom. The Bertz CT molecular complexity index is 1700. The molecule has 3 aromatic carbocycles. The van der Waals surface area contributed by atoms with E-state index in [2.05, 4.69) is 28.1 Å². The van der Waals surface area contributed by atoms with Gasteiger partial charge in [0.05, 0.1) is 5.54 Å². The van der Waals surface area contributed by atoms with Crippen LogP contribution in [0.4, 0.5) is 10.2 Å². The van der Waals surface area contributed by atoms with E-state index >= 15 is 4.39 Å². The Labute approximate surface area is 252 Å². The van der Waals surface area contributed by atoms with Gasteiger partial charge in [-0.1, -0.05) is 31.2 Å². The van der Waals surface area contributed by atoms with Gasteiger partial charge in [0.1, 0.15) is 23.7 Å². The van der Waals surface area contributed by atoms with Crippen molar-refractivity contribution < 1.29 is 14.2 Å². The lowest BCUT2D eigenvalue weighted by Gasteiger charge is -2.31. The van der Waals surface area contributed by atoms with Gasteiger partial charge in [-0.25, -0.2) is 4.39 Å². The van der Waals surface area contributed by atoms with E-state index in [0.717, 1.165) is 80.4 Å². The third-order valence-corrected chi connectivity index (χ3v) is 10.6. The molecule has 4 saturated heterocycles. The molecule has 8 rings (SSSR count). The van der Waals surface area contributed by atoms with Crippen molar-refractivity contribution in [3.05, 3.63) is 53.8 Å². The molecule has 2 N–H and O–H groups in total. The number of phenols is 1. The fourth-order valence-corrected chi connectivity index (χ4v) is 8.43. The Morgan fingerprint density at radius 1 is 1.00 bits per heavy atom. The molecular weight excluding hydrogens is 541 g/mol. The molecule has 224 valence electrons. The maximum absolute atomic E-state index is 16.9. The molecule has 0 amide bonds. The number of benzene rings is 3. The molecule has 4 aromatic rings. The van der Waals surface area contributed by atoms with Crippen LogP contribution in [0.2, 0.25) is 0 Å². The molecule has 4 aliphatic heterocycles. The molecule has 0 saturated carbocycles. The second-order valence-corrected chi connectivity index (χ2v) is 13.1. The summed E-state index contributed by atoms with van der Waals surface area (Å²) in [5.41, 5.74) is 2.54. The predicted octanol–water partition coefficient (Wildman–Crippen LogP) is 6.20. The summed E-state index contributed by atoms with van der Waals surface area (Å²) in [4.78, 5) is 14.6. The highest BCUT2D eigenvalue weighted by molar-refractivity contribution is 6.03. The highest BCUT2D eigenvalue weighted by Gasteiger charge is 2.45. The topological polar surface area (TPSA) is 73.8 Å². The van der Waals surface area contributed by atoms with Gasteiger partial charge in [0.25, 0.3) is 0 Å². The minimum Gasteiger partial charge on any atom is -0.508 e. The van der Waals surface area contributed by atoms with Gasteiger partial charge in [0, 0.05) is 36.1 Å². The van der Waals surface area contributed by atoms with Gasteiger partial charge in [-0.3, -0.25) is 4.90 Å². The minimum absolute atomic E-state index is 0.0432. The molecule has 4 aliphatic rings. The zero-order chi connectivity index (χ0) is 29.1. The lowest BCUT2D eigenvalue weighted by molar-refractivity contribution is 0.108. The number of anilines is 1. The molecule has 0 spiro atoms. The van der Waals surface area contributed by atoms with Crippen LogP contribution < -0.4 is 15.0 Å². The predicted molar refractivity (Wildman–Crippen MR) is 169 cm³/mol. The number of aromatic hydroxyl groups is 1. The molecule has 1 aromatic heterocycles. The summed E-state index contributed by atoms with van der Waals surface area (Å²) < 4.78 is 23.3. The maximum atomic E-state index is 16.9. The number of phenolic OH excluding ortho intramolecular Hbond substituents is 1. The second kappa shape index (κ2) is 10.6. The number of fused-ring (bicyclic) bond motifs is 5. The third kappa shape index (κ3) is 4.61. The van der Waals surface area contributed by atoms with Crippen molar-refractivity contribution in [3.8, 4) is 22.9 Å². The molecule has 7 nitrogen and oxygen atoms in total. The number of hydrogen-bond acceptors (Lipinski definition) is 7. The number of halogens is 1. The summed E-state index contributed by atoms with van der Waals surface area (Å²) in [6.45, 7) is 6.56. The van der Waals surface area contributed by atoms with Crippen LogP contribution in [0, 0.1) is 5.82 Å². The monoisotopic (exact) mass is 581 g/mol. The highest BCUT2D eigenvalue weighted by Crippen LogP contribution is 2.41. The van der Waals surface area contributed by atoms with Crippen LogP contribution in [0.1, 0.15) is 57.4 Å². The quantitative estimate of drug-likeness (QED) is 0.281. The van der Waals surface area contributed by atoms with E-state index in [0.29, 0.717) is 35.2 Å². The van der Waals surface area contributed by atoms with Crippen molar-refractivity contribution in [2.24, 2.45) is 0 Å². The first-order valence-corrected chi connectivity index (χ1v) is 16.2. The second-order valence-electron chi connectivity index (χ2n) is 13.1. The fourth-order valence-electron chi connectivity index (χ4n) is 8.43. The van der Waals surface area contributed by atoms with Gasteiger partial charge in [0.15, 0.2) is 5.82 Å². The first-order chi connectivity index (χ1) is 21.0. The number of nitrogens with one attached hydrogen (secondary N) is 1. The zero-order valence-corrected chi connectivity index (χ0v) is 24.9. The van der Waals surface area contributed by atoms with E-state index < -0.39 is 5.82 Å². The normalized spacial score (nSPS) is 23.3. The largest absolute Gasteiger partial charge is 0.508 e. The van der Waals surface area contributed by atoms with Crippen LogP contribution in [0.3, 0.4) is 0 Å². The number of hydrogen-bond donors (Lipinski definition) is 2. The Morgan fingerprint density at radius 3 is 2.67 bits per heavy atom. The van der Waals surface area contributed by atoms with Gasteiger partial charge in [-0.2, -0.15) is 9.97 Å². The average Bonchev–Trinajstić information content (AvgIpc) is 3.69. The van der Waals surface area contributed by atoms with Gasteiger partial charge in [-0.15, -0.1) is 0 Å². The lowest BCUT2D eigenvalue weighted by atomic mass is 9.92. The molecule has 2 atom stereocenters. The van der Waals surface area contributed by atoms with Gasteiger partial charge in [-0.05, 0) is 105 Å². The van der Waals surface area contributed by atoms with E-state index in [9.17, 15) is 5.11 Å². The molecule has 4 fully saturated rings. The number of aromatic nitrogens is 2. The van der Waals surface area contributed by atoms with Crippen LogP contribution in [0.25, 0.3) is 32.8 Å². The van der Waals surface area contributed by atoms with E-state index in [4.69, 9.17) is 14.7 Å². The van der Waals surface area contributed by atoms with E-state index in [1.807, 2.05) is 24.3 Å². The molecule has 2 bridgehead atoms. The number of rotatable bonds is 6. The van der Waals surface area contributed by atoms with Crippen molar-refractivity contribution in [1.29, 1.82) is 0 Å². The fraction of sp³-hybridized carbons (Fsp3) is 0.486. The van der Waals surface area contributed by atoms with Crippen molar-refractivity contribution in [1.82, 2.24) is 20.2 Å². The van der Waals surface area contributed by atoms with Crippen molar-refractivity contribution in [3.63, 3.8) is 0 Å². The molecule has 0 aliphatic carbocycles. The molecule has 0 radical (unpaired) electrons. The molecule has 5 heterocycles. The minimum atomic E-state index is -0.403. The van der Waals surface area contributed by atoms with Crippen molar-refractivity contribution >= 4 is 27.5 Å². The van der Waals surface area contributed by atoms with Crippen LogP contribution in [-0.4, -0.2) is 70.4 Å². The molecular formula is C35H40FN5O2. The lowest BCUT2D eigenvalue weighted by Crippen LogP contribution is -2.43. The van der Waals surface area contributed by atoms with Gasteiger partial charge in [0.2, 0.25) is 0 Å². The van der Waals surface area contributed by atoms with Crippen molar-refractivity contribution in [2.45, 2.75) is 75.9 Å². The van der Waals surface area contributed by atoms with Gasteiger partial charge < -0.3 is 20.1 Å². The molecule has 43 heavy (non-hydrogen) atoms. The Hall–Kier alpha value is -3.49. The van der Waals surface area contributed by atoms with Crippen LogP contribution in [0.15, 0.2) is 42.5 Å². The van der Waals surface area contributed by atoms with Gasteiger partial charge >= 0.3 is 6.01 Å². The summed E-state index contributed by atoms with van der Waals surface area (Å²) in [5, 5.41) is 17.0. The summed E-state index contributed by atoms with van der Waals surface area (Å²) >= 11 is 0. The van der Waals surface area contributed by atoms with E-state index in [1.54, 1.807) is 12.1 Å². The van der Waals surface area contributed by atoms with Crippen LogP contribution in [0.5, 0.6) is 11.8 Å². The van der Waals surface area contributed by atoms with Crippen molar-refractivity contribution in [2.75, 3.05) is 37.7 Å². The first-order valence-electron chi connectivity index (χ1n) is 16.2. The summed E-state index contributed by atoms with van der Waals surface area (Å²) in [7, 11) is 0. The Balaban J connectivity index is 1.26.